The van der Waals surface area contributed by atoms with E-state index in [2.05, 4.69) is 10.3 Å². The molecule has 0 saturated carbocycles. The van der Waals surface area contributed by atoms with Crippen LogP contribution >= 0.6 is 11.6 Å². The van der Waals surface area contributed by atoms with Crippen LogP contribution in [0.15, 0.2) is 42.6 Å². The van der Waals surface area contributed by atoms with Crippen LogP contribution in [0.3, 0.4) is 0 Å². The van der Waals surface area contributed by atoms with Crippen LogP contribution in [-0.2, 0) is 4.74 Å². The monoisotopic (exact) mass is 332 g/mol. The van der Waals surface area contributed by atoms with Crippen LogP contribution in [-0.4, -0.2) is 16.7 Å². The molecule has 2 rings (SSSR count). The Hall–Kier alpha value is -2.07. The second-order valence-electron chi connectivity index (χ2n) is 6.33. The highest BCUT2D eigenvalue weighted by Gasteiger charge is 2.18. The molecule has 0 aliphatic rings. The lowest BCUT2D eigenvalue weighted by Gasteiger charge is -2.22. The summed E-state index contributed by atoms with van der Waals surface area (Å²) >= 11 is 6.11. The first-order valence-electron chi connectivity index (χ1n) is 7.46. The van der Waals surface area contributed by atoms with Crippen molar-refractivity contribution in [3.8, 4) is 11.1 Å². The summed E-state index contributed by atoms with van der Waals surface area (Å²) in [5.41, 5.74) is 2.34. The van der Waals surface area contributed by atoms with E-state index in [0.29, 0.717) is 5.15 Å². The molecular formula is C18H21ClN2O2. The standard InChI is InChI=1S/C18H21ClN2O2/c1-12(21-17(22)23-18(2,3)4)13-7-9-14(10-8-13)15-6-5-11-20-16(15)19/h5-12H,1-4H3,(H,21,22). The van der Waals surface area contributed by atoms with E-state index >= 15 is 0 Å². The largest absolute Gasteiger partial charge is 0.444 e. The Morgan fingerprint density at radius 1 is 1.22 bits per heavy atom. The average Bonchev–Trinajstić information content (AvgIpc) is 2.46. The van der Waals surface area contributed by atoms with Crippen LogP contribution in [0.4, 0.5) is 4.79 Å². The molecular weight excluding hydrogens is 312 g/mol. The molecule has 0 aliphatic carbocycles. The Balaban J connectivity index is 2.07. The number of carbonyl (C=O) groups is 1. The van der Waals surface area contributed by atoms with Crippen molar-refractivity contribution in [1.82, 2.24) is 10.3 Å². The predicted molar refractivity (Wildman–Crippen MR) is 92.5 cm³/mol. The Morgan fingerprint density at radius 3 is 2.43 bits per heavy atom. The van der Waals surface area contributed by atoms with Crippen LogP contribution < -0.4 is 5.32 Å². The number of benzene rings is 1. The highest BCUT2D eigenvalue weighted by molar-refractivity contribution is 6.32. The van der Waals surface area contributed by atoms with Gasteiger partial charge in [-0.15, -0.1) is 0 Å². The van der Waals surface area contributed by atoms with Gasteiger partial charge in [0.2, 0.25) is 0 Å². The molecule has 1 amide bonds. The first-order chi connectivity index (χ1) is 10.8. The minimum atomic E-state index is -0.509. The van der Waals surface area contributed by atoms with Gasteiger partial charge in [0.25, 0.3) is 0 Å². The number of alkyl carbamates (subject to hydrolysis) is 1. The molecule has 0 fully saturated rings. The van der Waals surface area contributed by atoms with Crippen molar-refractivity contribution in [1.29, 1.82) is 0 Å². The van der Waals surface area contributed by atoms with E-state index in [9.17, 15) is 4.79 Å². The number of pyridine rings is 1. The van der Waals surface area contributed by atoms with Gasteiger partial charge in [0.05, 0.1) is 6.04 Å². The topological polar surface area (TPSA) is 51.2 Å². The van der Waals surface area contributed by atoms with Crippen LogP contribution in [0.1, 0.15) is 39.3 Å². The number of ether oxygens (including phenoxy) is 1. The molecule has 0 bridgehead atoms. The molecule has 1 heterocycles. The molecule has 23 heavy (non-hydrogen) atoms. The molecule has 1 aromatic heterocycles. The minimum Gasteiger partial charge on any atom is -0.444 e. The van der Waals surface area contributed by atoms with Gasteiger partial charge < -0.3 is 10.1 Å². The average molecular weight is 333 g/mol. The van der Waals surface area contributed by atoms with E-state index in [-0.39, 0.29) is 6.04 Å². The van der Waals surface area contributed by atoms with Gasteiger partial charge in [-0.25, -0.2) is 9.78 Å². The number of halogens is 1. The number of amides is 1. The van der Waals surface area contributed by atoms with Crippen LogP contribution in [0.2, 0.25) is 5.15 Å². The number of carbonyl (C=O) groups excluding carboxylic acids is 1. The number of hydrogen-bond donors (Lipinski definition) is 1. The fraction of sp³-hybridized carbons (Fsp3) is 0.333. The second kappa shape index (κ2) is 7.01. The van der Waals surface area contributed by atoms with E-state index in [1.54, 1.807) is 6.20 Å². The highest BCUT2D eigenvalue weighted by Crippen LogP contribution is 2.27. The fourth-order valence-electron chi connectivity index (χ4n) is 2.12. The first-order valence-corrected chi connectivity index (χ1v) is 7.84. The van der Waals surface area contributed by atoms with Gasteiger partial charge in [-0.2, -0.15) is 0 Å². The van der Waals surface area contributed by atoms with Gasteiger partial charge in [0.1, 0.15) is 10.8 Å². The Kier molecular flexibility index (Phi) is 5.26. The highest BCUT2D eigenvalue weighted by atomic mass is 35.5. The number of nitrogens with zero attached hydrogens (tertiary/aromatic N) is 1. The molecule has 4 nitrogen and oxygen atoms in total. The summed E-state index contributed by atoms with van der Waals surface area (Å²) in [6.45, 7) is 7.42. The zero-order chi connectivity index (χ0) is 17.0. The summed E-state index contributed by atoms with van der Waals surface area (Å²) in [6.07, 6.45) is 1.23. The van der Waals surface area contributed by atoms with Crippen LogP contribution in [0, 0.1) is 0 Å². The molecule has 1 N–H and O–H groups in total. The lowest BCUT2D eigenvalue weighted by Crippen LogP contribution is -2.34. The van der Waals surface area contributed by atoms with E-state index in [4.69, 9.17) is 16.3 Å². The summed E-state index contributed by atoms with van der Waals surface area (Å²) in [4.78, 5) is 15.9. The van der Waals surface area contributed by atoms with Crippen molar-refractivity contribution in [2.75, 3.05) is 0 Å². The normalized spacial score (nSPS) is 12.6. The number of nitrogens with one attached hydrogen (secondary N) is 1. The lowest BCUT2D eigenvalue weighted by atomic mass is 10.0. The molecule has 1 unspecified atom stereocenters. The SMILES string of the molecule is CC(NC(=O)OC(C)(C)C)c1ccc(-c2cccnc2Cl)cc1. The van der Waals surface area contributed by atoms with Crippen molar-refractivity contribution in [3.05, 3.63) is 53.3 Å². The smallest absolute Gasteiger partial charge is 0.408 e. The summed E-state index contributed by atoms with van der Waals surface area (Å²) in [7, 11) is 0. The summed E-state index contributed by atoms with van der Waals surface area (Å²) < 4.78 is 5.26. The van der Waals surface area contributed by atoms with Crippen molar-refractivity contribution in [2.24, 2.45) is 0 Å². The predicted octanol–water partition coefficient (Wildman–Crippen LogP) is 4.99. The Morgan fingerprint density at radius 2 is 1.87 bits per heavy atom. The van der Waals surface area contributed by atoms with Gasteiger partial charge in [-0.3, -0.25) is 0 Å². The van der Waals surface area contributed by atoms with E-state index in [1.165, 1.54) is 0 Å². The number of hydrogen-bond acceptors (Lipinski definition) is 3. The maximum atomic E-state index is 11.8. The van der Waals surface area contributed by atoms with E-state index in [1.807, 2.05) is 64.1 Å². The molecule has 1 atom stereocenters. The molecule has 0 radical (unpaired) electrons. The zero-order valence-corrected chi connectivity index (χ0v) is 14.5. The minimum absolute atomic E-state index is 0.150. The third-order valence-electron chi connectivity index (χ3n) is 3.21. The maximum absolute atomic E-state index is 11.8. The number of rotatable bonds is 3. The molecule has 122 valence electrons. The molecule has 5 heteroatoms. The van der Waals surface area contributed by atoms with Gasteiger partial charge in [0.15, 0.2) is 0 Å². The van der Waals surface area contributed by atoms with E-state index < -0.39 is 11.7 Å². The Bertz CT molecular complexity index is 678. The first kappa shape index (κ1) is 17.3. The van der Waals surface area contributed by atoms with Crippen molar-refractivity contribution in [2.45, 2.75) is 39.3 Å². The van der Waals surface area contributed by atoms with Crippen LogP contribution in [0.25, 0.3) is 11.1 Å². The summed E-state index contributed by atoms with van der Waals surface area (Å²) in [6, 6.07) is 11.5. The van der Waals surface area contributed by atoms with Gasteiger partial charge in [0, 0.05) is 11.8 Å². The molecule has 0 saturated heterocycles. The molecule has 2 aromatic rings. The summed E-state index contributed by atoms with van der Waals surface area (Å²) in [5, 5.41) is 3.30. The van der Waals surface area contributed by atoms with Gasteiger partial charge in [-0.05, 0) is 51.0 Å². The molecule has 1 aromatic carbocycles. The fourth-order valence-corrected chi connectivity index (χ4v) is 2.35. The van der Waals surface area contributed by atoms with Crippen molar-refractivity contribution < 1.29 is 9.53 Å². The second-order valence-corrected chi connectivity index (χ2v) is 6.69. The number of aromatic nitrogens is 1. The maximum Gasteiger partial charge on any atom is 0.408 e. The third-order valence-corrected chi connectivity index (χ3v) is 3.52. The van der Waals surface area contributed by atoms with Gasteiger partial charge in [-0.1, -0.05) is 35.9 Å². The van der Waals surface area contributed by atoms with E-state index in [0.717, 1.165) is 16.7 Å². The zero-order valence-electron chi connectivity index (χ0n) is 13.8. The summed E-state index contributed by atoms with van der Waals surface area (Å²) in [5.74, 6) is 0. The molecule has 0 spiro atoms. The Labute approximate surface area is 141 Å². The molecule has 0 aliphatic heterocycles. The quantitative estimate of drug-likeness (QED) is 0.806. The van der Waals surface area contributed by atoms with Crippen LogP contribution in [0.5, 0.6) is 0 Å². The van der Waals surface area contributed by atoms with Crippen molar-refractivity contribution in [3.63, 3.8) is 0 Å². The van der Waals surface area contributed by atoms with Gasteiger partial charge >= 0.3 is 6.09 Å². The lowest BCUT2D eigenvalue weighted by molar-refractivity contribution is 0.0508. The van der Waals surface area contributed by atoms with Crippen molar-refractivity contribution >= 4 is 17.7 Å². The third kappa shape index (κ3) is 4.96.